The Bertz CT molecular complexity index is 984. The highest BCUT2D eigenvalue weighted by Crippen LogP contribution is 2.38. The van der Waals surface area contributed by atoms with Crippen LogP contribution in [0.1, 0.15) is 15.9 Å². The van der Waals surface area contributed by atoms with Crippen molar-refractivity contribution in [3.05, 3.63) is 58.5 Å². The van der Waals surface area contributed by atoms with Crippen LogP contribution in [0.25, 0.3) is 6.08 Å². The minimum Gasteiger partial charge on any atom is -0.465 e. The molecular weight excluding hydrogens is 386 g/mol. The fourth-order valence-corrected chi connectivity index (χ4v) is 4.01. The summed E-state index contributed by atoms with van der Waals surface area (Å²) in [6.45, 7) is 0.197. The third-order valence-corrected chi connectivity index (χ3v) is 5.34. The van der Waals surface area contributed by atoms with Crippen LogP contribution in [0.2, 0.25) is 0 Å². The monoisotopic (exact) mass is 399 g/mol. The molecule has 0 spiro atoms. The van der Waals surface area contributed by atoms with Gasteiger partial charge in [0.05, 0.1) is 23.3 Å². The van der Waals surface area contributed by atoms with Gasteiger partial charge in [0.25, 0.3) is 5.91 Å². The molecule has 0 aromatic heterocycles. The van der Waals surface area contributed by atoms with Crippen molar-refractivity contribution in [2.24, 2.45) is 0 Å². The van der Waals surface area contributed by atoms with E-state index in [1.165, 1.54) is 23.8 Å². The van der Waals surface area contributed by atoms with Gasteiger partial charge in [-0.05, 0) is 48.0 Å². The topological polar surface area (TPSA) is 65.1 Å². The Hall–Kier alpha value is -2.84. The number of hydrogen-bond acceptors (Lipinski definition) is 7. The largest absolute Gasteiger partial charge is 0.465 e. The second kappa shape index (κ2) is 7.05. The summed E-state index contributed by atoms with van der Waals surface area (Å²) in [4.78, 5) is 26.3. The highest BCUT2D eigenvalue weighted by Gasteiger charge is 2.33. The molecule has 2 aliphatic rings. The van der Waals surface area contributed by atoms with E-state index in [-0.39, 0.29) is 12.7 Å². The number of carbonyl (C=O) groups is 2. The summed E-state index contributed by atoms with van der Waals surface area (Å²) in [6, 6.07) is 12.0. The first-order valence-corrected chi connectivity index (χ1v) is 9.15. The Morgan fingerprint density at radius 3 is 2.67 bits per heavy atom. The second-order valence-electron chi connectivity index (χ2n) is 5.67. The Kier molecular flexibility index (Phi) is 4.59. The lowest BCUT2D eigenvalue weighted by Gasteiger charge is -2.14. The third-order valence-electron chi connectivity index (χ3n) is 4.03. The van der Waals surface area contributed by atoms with Crippen LogP contribution in [-0.4, -0.2) is 30.1 Å². The molecule has 6 nitrogen and oxygen atoms in total. The summed E-state index contributed by atoms with van der Waals surface area (Å²) in [6.07, 6.45) is 1.77. The van der Waals surface area contributed by atoms with Crippen molar-refractivity contribution in [1.29, 1.82) is 0 Å². The van der Waals surface area contributed by atoms with Gasteiger partial charge < -0.3 is 14.2 Å². The Balaban J connectivity index is 1.59. The van der Waals surface area contributed by atoms with Gasteiger partial charge >= 0.3 is 5.97 Å². The first kappa shape index (κ1) is 17.6. The first-order chi connectivity index (χ1) is 13.1. The number of hydrogen-bond donors (Lipinski definition) is 0. The van der Waals surface area contributed by atoms with E-state index < -0.39 is 5.97 Å². The van der Waals surface area contributed by atoms with Gasteiger partial charge in [0.2, 0.25) is 6.79 Å². The maximum atomic E-state index is 12.8. The number of esters is 1. The van der Waals surface area contributed by atoms with E-state index in [9.17, 15) is 9.59 Å². The molecule has 1 amide bonds. The molecule has 136 valence electrons. The van der Waals surface area contributed by atoms with Crippen LogP contribution >= 0.6 is 24.0 Å². The number of thiocarbonyl (C=S) groups is 1. The van der Waals surface area contributed by atoms with E-state index in [0.29, 0.717) is 32.0 Å². The highest BCUT2D eigenvalue weighted by molar-refractivity contribution is 8.27. The van der Waals surface area contributed by atoms with E-state index in [2.05, 4.69) is 4.74 Å². The van der Waals surface area contributed by atoms with E-state index >= 15 is 0 Å². The molecule has 0 radical (unpaired) electrons. The average Bonchev–Trinajstić information content (AvgIpc) is 3.25. The number of nitrogens with zero attached hydrogens (tertiary/aromatic N) is 1. The molecule has 2 aromatic carbocycles. The molecule has 0 atom stereocenters. The summed E-state index contributed by atoms with van der Waals surface area (Å²) in [5.41, 5.74) is 1.82. The van der Waals surface area contributed by atoms with Crippen LogP contribution in [-0.2, 0) is 9.53 Å². The zero-order valence-corrected chi connectivity index (χ0v) is 15.8. The Labute approximate surface area is 164 Å². The predicted molar refractivity (Wildman–Crippen MR) is 106 cm³/mol. The minimum absolute atomic E-state index is 0.197. The molecule has 1 saturated heterocycles. The molecule has 0 unspecified atom stereocenters. The molecule has 2 aliphatic heterocycles. The summed E-state index contributed by atoms with van der Waals surface area (Å²) in [5, 5.41) is 0. The van der Waals surface area contributed by atoms with Crippen LogP contribution in [0, 0.1) is 0 Å². The SMILES string of the molecule is COC(=O)c1ccc(N2C(=O)/C(=C\c3ccc4c(c3)OCO4)SC2=S)cc1. The number of rotatable bonds is 3. The van der Waals surface area contributed by atoms with Crippen LogP contribution in [0.3, 0.4) is 0 Å². The number of fused-ring (bicyclic) bond motifs is 1. The number of thioether (sulfide) groups is 1. The first-order valence-electron chi connectivity index (χ1n) is 7.93. The lowest BCUT2D eigenvalue weighted by Crippen LogP contribution is -2.27. The van der Waals surface area contributed by atoms with Crippen molar-refractivity contribution < 1.29 is 23.8 Å². The average molecular weight is 399 g/mol. The molecule has 0 N–H and O–H groups in total. The van der Waals surface area contributed by atoms with Crippen molar-refractivity contribution in [3.8, 4) is 11.5 Å². The van der Waals surface area contributed by atoms with E-state index in [1.807, 2.05) is 12.1 Å². The van der Waals surface area contributed by atoms with E-state index in [0.717, 1.165) is 5.56 Å². The molecule has 27 heavy (non-hydrogen) atoms. The number of amides is 1. The minimum atomic E-state index is -0.436. The molecule has 2 heterocycles. The number of ether oxygens (including phenoxy) is 3. The molecule has 1 fully saturated rings. The molecular formula is C19H13NO5S2. The molecule has 2 aromatic rings. The molecule has 0 saturated carbocycles. The van der Waals surface area contributed by atoms with Gasteiger partial charge in [0.1, 0.15) is 0 Å². The summed E-state index contributed by atoms with van der Waals surface area (Å²) in [5.74, 6) is 0.686. The quantitative estimate of drug-likeness (QED) is 0.444. The Morgan fingerprint density at radius 1 is 1.19 bits per heavy atom. The van der Waals surface area contributed by atoms with Gasteiger partial charge in [0.15, 0.2) is 15.8 Å². The van der Waals surface area contributed by atoms with Crippen LogP contribution in [0.4, 0.5) is 5.69 Å². The molecule has 0 aliphatic carbocycles. The zero-order valence-electron chi connectivity index (χ0n) is 14.1. The lowest BCUT2D eigenvalue weighted by atomic mass is 10.1. The van der Waals surface area contributed by atoms with Crippen molar-refractivity contribution >= 4 is 51.9 Å². The van der Waals surface area contributed by atoms with Crippen LogP contribution in [0.15, 0.2) is 47.4 Å². The zero-order chi connectivity index (χ0) is 19.0. The molecule has 8 heteroatoms. The van der Waals surface area contributed by atoms with Crippen molar-refractivity contribution in [1.82, 2.24) is 0 Å². The van der Waals surface area contributed by atoms with E-state index in [4.69, 9.17) is 21.7 Å². The van der Waals surface area contributed by atoms with Gasteiger partial charge in [0, 0.05) is 0 Å². The fourth-order valence-electron chi connectivity index (χ4n) is 2.71. The number of anilines is 1. The maximum Gasteiger partial charge on any atom is 0.337 e. The Morgan fingerprint density at radius 2 is 1.93 bits per heavy atom. The van der Waals surface area contributed by atoms with Crippen molar-refractivity contribution in [3.63, 3.8) is 0 Å². The second-order valence-corrected chi connectivity index (χ2v) is 7.34. The predicted octanol–water partition coefficient (Wildman–Crippen LogP) is 3.61. The lowest BCUT2D eigenvalue weighted by molar-refractivity contribution is -0.113. The maximum absolute atomic E-state index is 12.8. The molecule has 4 rings (SSSR count). The normalized spacial score (nSPS) is 16.9. The van der Waals surface area contributed by atoms with Gasteiger partial charge in [-0.25, -0.2) is 4.79 Å². The van der Waals surface area contributed by atoms with Gasteiger partial charge in [-0.2, -0.15) is 0 Å². The number of carbonyl (C=O) groups excluding carboxylic acids is 2. The van der Waals surface area contributed by atoms with Crippen LogP contribution < -0.4 is 14.4 Å². The molecule has 0 bridgehead atoms. The summed E-state index contributed by atoms with van der Waals surface area (Å²) in [7, 11) is 1.32. The van der Waals surface area contributed by atoms with Gasteiger partial charge in [-0.1, -0.05) is 30.0 Å². The van der Waals surface area contributed by atoms with Crippen molar-refractivity contribution in [2.45, 2.75) is 0 Å². The summed E-state index contributed by atoms with van der Waals surface area (Å²) < 4.78 is 15.8. The summed E-state index contributed by atoms with van der Waals surface area (Å²) >= 11 is 6.60. The number of benzene rings is 2. The standard InChI is InChI=1S/C19H13NO5S2/c1-23-18(22)12-3-5-13(6-4-12)20-17(21)16(27-19(20)26)9-11-2-7-14-15(8-11)25-10-24-14/h2-9H,10H2,1H3/b16-9+. The highest BCUT2D eigenvalue weighted by atomic mass is 32.2. The van der Waals surface area contributed by atoms with Crippen molar-refractivity contribution in [2.75, 3.05) is 18.8 Å². The smallest absolute Gasteiger partial charge is 0.337 e. The fraction of sp³-hybridized carbons (Fsp3) is 0.105. The van der Waals surface area contributed by atoms with Gasteiger partial charge in [-0.3, -0.25) is 9.69 Å². The number of methoxy groups -OCH3 is 1. The van der Waals surface area contributed by atoms with E-state index in [1.54, 1.807) is 36.4 Å². The van der Waals surface area contributed by atoms with Crippen LogP contribution in [0.5, 0.6) is 11.5 Å². The van der Waals surface area contributed by atoms with Gasteiger partial charge in [-0.15, -0.1) is 0 Å². The third kappa shape index (κ3) is 3.29.